The molecule has 1 amide bonds. The molecule has 100 valence electrons. The number of benzene rings is 1. The number of carbonyl (C=O) groups is 1. The van der Waals surface area contributed by atoms with Crippen LogP contribution in [0.3, 0.4) is 0 Å². The number of hydrogen-bond acceptors (Lipinski definition) is 2. The molecule has 0 aliphatic heterocycles. The first-order chi connectivity index (χ1) is 9.72. The maximum absolute atomic E-state index is 12.5. The summed E-state index contributed by atoms with van der Waals surface area (Å²) in [6.07, 6.45) is 2.79. The minimum absolute atomic E-state index is 0.00121. The fourth-order valence-corrected chi connectivity index (χ4v) is 3.92. The van der Waals surface area contributed by atoms with Crippen LogP contribution in [0.4, 0.5) is 0 Å². The topological polar surface area (TPSA) is 89.6 Å². The number of fused-ring (bicyclic) bond motifs is 3. The van der Waals surface area contributed by atoms with E-state index in [0.717, 1.165) is 17.5 Å². The van der Waals surface area contributed by atoms with Crippen molar-refractivity contribution in [2.75, 3.05) is 0 Å². The smallest absolute Gasteiger partial charge is 0.229 e. The van der Waals surface area contributed by atoms with Crippen molar-refractivity contribution in [3.63, 3.8) is 0 Å². The zero-order chi connectivity index (χ0) is 14.2. The van der Waals surface area contributed by atoms with E-state index in [2.05, 4.69) is 16.1 Å². The molecular formula is C15H14N4O. The molecule has 0 heterocycles. The Hall–Kier alpha value is -2.31. The van der Waals surface area contributed by atoms with Crippen molar-refractivity contribution in [1.82, 2.24) is 0 Å². The molecule has 3 rings (SSSR count). The van der Waals surface area contributed by atoms with Gasteiger partial charge in [0, 0.05) is 10.8 Å². The lowest BCUT2D eigenvalue weighted by Gasteiger charge is -2.39. The lowest BCUT2D eigenvalue weighted by molar-refractivity contribution is -0.126. The number of hydrogen-bond donors (Lipinski definition) is 0. The monoisotopic (exact) mass is 266 g/mol. The van der Waals surface area contributed by atoms with Crippen LogP contribution in [-0.4, -0.2) is 5.91 Å². The summed E-state index contributed by atoms with van der Waals surface area (Å²) in [6, 6.07) is 10.2. The highest BCUT2D eigenvalue weighted by Crippen LogP contribution is 2.53. The van der Waals surface area contributed by atoms with Crippen LogP contribution in [0.25, 0.3) is 10.4 Å². The zero-order valence-electron chi connectivity index (χ0n) is 11.0. The van der Waals surface area contributed by atoms with Gasteiger partial charge in [0.1, 0.15) is 0 Å². The number of carbonyl (C=O) groups excluding carboxylic acids is 1. The SMILES string of the molecule is N#C[C@@H]1CC[C@]2(C(=O)N=[N+]=[N-])c3ccccc3C[C@@H]2C1. The Balaban J connectivity index is 2.12. The zero-order valence-corrected chi connectivity index (χ0v) is 11.0. The number of nitrogens with zero attached hydrogens (tertiary/aromatic N) is 4. The fraction of sp³-hybridized carbons (Fsp3) is 0.467. The van der Waals surface area contributed by atoms with Crippen LogP contribution in [-0.2, 0) is 16.6 Å². The molecule has 0 N–H and O–H groups in total. The van der Waals surface area contributed by atoms with Gasteiger partial charge in [0.2, 0.25) is 5.91 Å². The van der Waals surface area contributed by atoms with Gasteiger partial charge in [-0.1, -0.05) is 24.3 Å². The van der Waals surface area contributed by atoms with Crippen LogP contribution in [0, 0.1) is 23.2 Å². The molecule has 20 heavy (non-hydrogen) atoms. The lowest BCUT2D eigenvalue weighted by Crippen LogP contribution is -2.43. The number of amides is 1. The van der Waals surface area contributed by atoms with Crippen molar-refractivity contribution >= 4 is 5.91 Å². The molecule has 1 aromatic carbocycles. The molecular weight excluding hydrogens is 252 g/mol. The van der Waals surface area contributed by atoms with Crippen LogP contribution in [0.5, 0.6) is 0 Å². The Morgan fingerprint density at radius 3 is 3.05 bits per heavy atom. The molecule has 2 aliphatic rings. The Kier molecular flexibility index (Phi) is 2.96. The van der Waals surface area contributed by atoms with Gasteiger partial charge in [0.25, 0.3) is 0 Å². The van der Waals surface area contributed by atoms with E-state index in [4.69, 9.17) is 10.8 Å². The van der Waals surface area contributed by atoms with E-state index in [1.165, 1.54) is 0 Å². The molecule has 3 atom stereocenters. The Morgan fingerprint density at radius 1 is 1.50 bits per heavy atom. The van der Waals surface area contributed by atoms with Gasteiger partial charge >= 0.3 is 0 Å². The lowest BCUT2D eigenvalue weighted by atomic mass is 9.63. The Morgan fingerprint density at radius 2 is 2.30 bits per heavy atom. The second-order valence-electron chi connectivity index (χ2n) is 5.62. The van der Waals surface area contributed by atoms with Gasteiger partial charge in [-0.3, -0.25) is 4.79 Å². The maximum Gasteiger partial charge on any atom is 0.229 e. The average Bonchev–Trinajstić information content (AvgIpc) is 2.81. The molecule has 0 bridgehead atoms. The molecule has 1 fully saturated rings. The summed E-state index contributed by atoms with van der Waals surface area (Å²) in [5.41, 5.74) is 10.1. The van der Waals surface area contributed by atoms with E-state index in [9.17, 15) is 4.79 Å². The van der Waals surface area contributed by atoms with Crippen molar-refractivity contribution in [3.05, 3.63) is 45.8 Å². The van der Waals surface area contributed by atoms with E-state index in [0.29, 0.717) is 19.3 Å². The first kappa shape index (κ1) is 12.7. The molecule has 5 heteroatoms. The second-order valence-corrected chi connectivity index (χ2v) is 5.62. The summed E-state index contributed by atoms with van der Waals surface area (Å²) in [5.74, 6) is -0.302. The molecule has 0 unspecified atom stereocenters. The molecule has 1 saturated carbocycles. The number of azide groups is 1. The van der Waals surface area contributed by atoms with E-state index in [1.807, 2.05) is 24.3 Å². The summed E-state index contributed by atoms with van der Waals surface area (Å²) in [4.78, 5) is 15.1. The Bertz CT molecular complexity index is 656. The van der Waals surface area contributed by atoms with Crippen LogP contribution >= 0.6 is 0 Å². The third-order valence-electron chi connectivity index (χ3n) is 4.82. The fourth-order valence-electron chi connectivity index (χ4n) is 3.92. The normalized spacial score (nSPS) is 30.6. The summed E-state index contributed by atoms with van der Waals surface area (Å²) in [6.45, 7) is 0. The van der Waals surface area contributed by atoms with Crippen LogP contribution in [0.1, 0.15) is 30.4 Å². The van der Waals surface area contributed by atoms with Crippen molar-refractivity contribution in [3.8, 4) is 6.07 Å². The summed E-state index contributed by atoms with van der Waals surface area (Å²) >= 11 is 0. The summed E-state index contributed by atoms with van der Waals surface area (Å²) < 4.78 is 0. The first-order valence-electron chi connectivity index (χ1n) is 6.80. The predicted octanol–water partition coefficient (Wildman–Crippen LogP) is 3.26. The molecule has 1 aromatic rings. The number of nitriles is 1. The highest BCUT2D eigenvalue weighted by molar-refractivity contribution is 5.91. The molecule has 0 spiro atoms. The van der Waals surface area contributed by atoms with Gasteiger partial charge in [0.05, 0.1) is 11.5 Å². The molecule has 5 nitrogen and oxygen atoms in total. The van der Waals surface area contributed by atoms with Crippen LogP contribution < -0.4 is 0 Å². The van der Waals surface area contributed by atoms with E-state index in [-0.39, 0.29) is 17.7 Å². The summed E-state index contributed by atoms with van der Waals surface area (Å²) in [5, 5.41) is 12.5. The molecule has 0 aromatic heterocycles. The quantitative estimate of drug-likeness (QED) is 0.443. The van der Waals surface area contributed by atoms with Gasteiger partial charge < -0.3 is 0 Å². The largest absolute Gasteiger partial charge is 0.292 e. The van der Waals surface area contributed by atoms with Crippen LogP contribution in [0.2, 0.25) is 0 Å². The first-order valence-corrected chi connectivity index (χ1v) is 6.80. The molecule has 2 aliphatic carbocycles. The van der Waals surface area contributed by atoms with Gasteiger partial charge in [-0.15, -0.1) is 0 Å². The van der Waals surface area contributed by atoms with Gasteiger partial charge in [-0.05, 0) is 53.4 Å². The molecule has 0 radical (unpaired) electrons. The highest BCUT2D eigenvalue weighted by atomic mass is 16.2. The van der Waals surface area contributed by atoms with Gasteiger partial charge in [0.15, 0.2) is 0 Å². The van der Waals surface area contributed by atoms with E-state index >= 15 is 0 Å². The standard InChI is InChI=1S/C15H14N4O/c16-9-10-5-6-15(14(20)18-19-17)12(7-10)8-11-3-1-2-4-13(11)15/h1-4,10,12H,5-8H2/t10-,12+,15-/m1/s1. The van der Waals surface area contributed by atoms with Gasteiger partial charge in [-0.25, -0.2) is 0 Å². The maximum atomic E-state index is 12.5. The molecule has 0 saturated heterocycles. The second kappa shape index (κ2) is 4.66. The minimum atomic E-state index is -0.698. The highest BCUT2D eigenvalue weighted by Gasteiger charge is 2.54. The van der Waals surface area contributed by atoms with Crippen LogP contribution in [0.15, 0.2) is 29.4 Å². The summed E-state index contributed by atoms with van der Waals surface area (Å²) in [7, 11) is 0. The van der Waals surface area contributed by atoms with Gasteiger partial charge in [-0.2, -0.15) is 5.26 Å². The predicted molar refractivity (Wildman–Crippen MR) is 72.4 cm³/mol. The van der Waals surface area contributed by atoms with Crippen molar-refractivity contribution in [2.45, 2.75) is 31.1 Å². The van der Waals surface area contributed by atoms with E-state index < -0.39 is 5.41 Å². The van der Waals surface area contributed by atoms with Crippen molar-refractivity contribution in [1.29, 1.82) is 5.26 Å². The Labute approximate surface area is 116 Å². The third kappa shape index (κ3) is 1.62. The minimum Gasteiger partial charge on any atom is -0.292 e. The van der Waals surface area contributed by atoms with Crippen molar-refractivity contribution < 1.29 is 4.79 Å². The number of rotatable bonds is 1. The van der Waals surface area contributed by atoms with E-state index in [1.54, 1.807) is 0 Å². The van der Waals surface area contributed by atoms with Crippen molar-refractivity contribution in [2.24, 2.45) is 17.0 Å². The average molecular weight is 266 g/mol. The third-order valence-corrected chi connectivity index (χ3v) is 4.82.